The lowest BCUT2D eigenvalue weighted by Gasteiger charge is -2.42. The highest BCUT2D eigenvalue weighted by Crippen LogP contribution is 2.24. The fourth-order valence-corrected chi connectivity index (χ4v) is 3.39. The van der Waals surface area contributed by atoms with Crippen LogP contribution in [-0.2, 0) is 4.74 Å². The minimum absolute atomic E-state index is 0.187. The zero-order valence-corrected chi connectivity index (χ0v) is 14.1. The number of piperidine rings is 1. The Labute approximate surface area is 129 Å². The number of ether oxygens (including phenoxy) is 1. The van der Waals surface area contributed by atoms with Crippen LogP contribution in [0.2, 0.25) is 0 Å². The van der Waals surface area contributed by atoms with Gasteiger partial charge < -0.3 is 9.64 Å². The molecule has 5 nitrogen and oxygen atoms in total. The minimum atomic E-state index is -0.187. The standard InChI is InChI=1S/C16H31N3O2/c1-16(2,3)19-7-5-14(6-8-19)13-17-9-11-18(12-10-17)15(20)21-4/h14H,5-13H2,1-4H3. The number of methoxy groups -OCH3 is 1. The lowest BCUT2D eigenvalue weighted by molar-refractivity contribution is 0.0578. The van der Waals surface area contributed by atoms with Crippen molar-refractivity contribution in [2.45, 2.75) is 39.2 Å². The van der Waals surface area contributed by atoms with Gasteiger partial charge in [-0.05, 0) is 52.6 Å². The van der Waals surface area contributed by atoms with Crippen LogP contribution in [0.4, 0.5) is 4.79 Å². The highest BCUT2D eigenvalue weighted by atomic mass is 16.5. The SMILES string of the molecule is COC(=O)N1CCN(CC2CCN(C(C)(C)C)CC2)CC1. The molecule has 21 heavy (non-hydrogen) atoms. The molecule has 0 unspecified atom stereocenters. The van der Waals surface area contributed by atoms with Gasteiger partial charge in [0.2, 0.25) is 0 Å². The molecule has 0 aromatic carbocycles. The third-order valence-corrected chi connectivity index (χ3v) is 4.88. The minimum Gasteiger partial charge on any atom is -0.453 e. The number of rotatable bonds is 2. The summed E-state index contributed by atoms with van der Waals surface area (Å²) in [4.78, 5) is 18.4. The molecule has 2 saturated heterocycles. The molecule has 0 N–H and O–H groups in total. The van der Waals surface area contributed by atoms with Gasteiger partial charge in [0.1, 0.15) is 0 Å². The number of carbonyl (C=O) groups is 1. The van der Waals surface area contributed by atoms with E-state index >= 15 is 0 Å². The molecule has 0 saturated carbocycles. The van der Waals surface area contributed by atoms with E-state index in [0.717, 1.165) is 32.1 Å². The quantitative estimate of drug-likeness (QED) is 0.780. The van der Waals surface area contributed by atoms with Crippen LogP contribution in [0.1, 0.15) is 33.6 Å². The van der Waals surface area contributed by atoms with Gasteiger partial charge in [-0.2, -0.15) is 0 Å². The molecule has 2 aliphatic rings. The molecule has 0 radical (unpaired) electrons. The number of nitrogens with zero attached hydrogens (tertiary/aromatic N) is 3. The second-order valence-corrected chi connectivity index (χ2v) is 7.36. The maximum Gasteiger partial charge on any atom is 0.409 e. The molecule has 0 bridgehead atoms. The molecule has 0 atom stereocenters. The Morgan fingerprint density at radius 3 is 2.10 bits per heavy atom. The van der Waals surface area contributed by atoms with Crippen molar-refractivity contribution in [1.82, 2.24) is 14.7 Å². The Bertz CT molecular complexity index is 338. The van der Waals surface area contributed by atoms with Gasteiger partial charge >= 0.3 is 6.09 Å². The lowest BCUT2D eigenvalue weighted by atomic mass is 9.92. The first-order chi connectivity index (χ1) is 9.90. The van der Waals surface area contributed by atoms with Crippen LogP contribution in [0, 0.1) is 5.92 Å². The average molecular weight is 297 g/mol. The number of hydrogen-bond donors (Lipinski definition) is 0. The second-order valence-electron chi connectivity index (χ2n) is 7.36. The van der Waals surface area contributed by atoms with Crippen LogP contribution >= 0.6 is 0 Å². The number of hydrogen-bond acceptors (Lipinski definition) is 4. The maximum atomic E-state index is 11.5. The number of amides is 1. The summed E-state index contributed by atoms with van der Waals surface area (Å²) in [5, 5.41) is 0. The average Bonchev–Trinajstić information content (AvgIpc) is 2.47. The summed E-state index contributed by atoms with van der Waals surface area (Å²) in [5.74, 6) is 0.813. The molecule has 2 heterocycles. The molecular weight excluding hydrogens is 266 g/mol. The van der Waals surface area contributed by atoms with E-state index < -0.39 is 0 Å². The van der Waals surface area contributed by atoms with E-state index in [4.69, 9.17) is 4.74 Å². The second kappa shape index (κ2) is 6.97. The normalized spacial score (nSPS) is 23.3. The van der Waals surface area contributed by atoms with E-state index in [-0.39, 0.29) is 6.09 Å². The summed E-state index contributed by atoms with van der Waals surface area (Å²) >= 11 is 0. The van der Waals surface area contributed by atoms with Crippen LogP contribution in [-0.4, -0.2) is 79.3 Å². The highest BCUT2D eigenvalue weighted by molar-refractivity contribution is 5.67. The Hall–Kier alpha value is -0.810. The highest BCUT2D eigenvalue weighted by Gasteiger charge is 2.29. The van der Waals surface area contributed by atoms with Crippen molar-refractivity contribution in [2.75, 3.05) is 52.9 Å². The van der Waals surface area contributed by atoms with Crippen LogP contribution in [0.25, 0.3) is 0 Å². The van der Waals surface area contributed by atoms with E-state index in [1.165, 1.54) is 39.6 Å². The fraction of sp³-hybridized carbons (Fsp3) is 0.938. The van der Waals surface area contributed by atoms with E-state index in [1.807, 2.05) is 0 Å². The summed E-state index contributed by atoms with van der Waals surface area (Å²) in [7, 11) is 1.46. The van der Waals surface area contributed by atoms with Gasteiger partial charge in [-0.25, -0.2) is 4.79 Å². The number of piperazine rings is 1. The molecule has 2 rings (SSSR count). The van der Waals surface area contributed by atoms with Crippen molar-refractivity contribution in [2.24, 2.45) is 5.92 Å². The first-order valence-electron chi connectivity index (χ1n) is 8.20. The molecular formula is C16H31N3O2. The number of carbonyl (C=O) groups excluding carboxylic acids is 1. The monoisotopic (exact) mass is 297 g/mol. The van der Waals surface area contributed by atoms with E-state index in [9.17, 15) is 4.79 Å². The zero-order valence-electron chi connectivity index (χ0n) is 14.1. The van der Waals surface area contributed by atoms with Crippen molar-refractivity contribution in [3.05, 3.63) is 0 Å². The largest absolute Gasteiger partial charge is 0.453 e. The van der Waals surface area contributed by atoms with Gasteiger partial charge in [0.15, 0.2) is 0 Å². The third-order valence-electron chi connectivity index (χ3n) is 4.88. The molecule has 1 amide bonds. The molecule has 2 aliphatic heterocycles. The lowest BCUT2D eigenvalue weighted by Crippen LogP contribution is -2.51. The van der Waals surface area contributed by atoms with Gasteiger partial charge in [0.25, 0.3) is 0 Å². The van der Waals surface area contributed by atoms with Crippen molar-refractivity contribution < 1.29 is 9.53 Å². The fourth-order valence-electron chi connectivity index (χ4n) is 3.39. The first-order valence-corrected chi connectivity index (χ1v) is 8.20. The van der Waals surface area contributed by atoms with Gasteiger partial charge in [0.05, 0.1) is 7.11 Å². The molecule has 122 valence electrons. The van der Waals surface area contributed by atoms with Crippen molar-refractivity contribution in [3.8, 4) is 0 Å². The van der Waals surface area contributed by atoms with E-state index in [1.54, 1.807) is 4.90 Å². The molecule has 0 spiro atoms. The van der Waals surface area contributed by atoms with Crippen LogP contribution in [0.5, 0.6) is 0 Å². The summed E-state index contributed by atoms with van der Waals surface area (Å²) in [6.07, 6.45) is 2.41. The Kier molecular flexibility index (Phi) is 5.49. The van der Waals surface area contributed by atoms with Gasteiger partial charge in [0, 0.05) is 38.3 Å². The van der Waals surface area contributed by atoms with Crippen molar-refractivity contribution in [1.29, 1.82) is 0 Å². The molecule has 0 aliphatic carbocycles. The Morgan fingerprint density at radius 2 is 1.62 bits per heavy atom. The maximum absolute atomic E-state index is 11.5. The predicted octanol–water partition coefficient (Wildman–Crippen LogP) is 1.88. The van der Waals surface area contributed by atoms with Crippen LogP contribution in [0.15, 0.2) is 0 Å². The molecule has 0 aromatic rings. The molecule has 5 heteroatoms. The summed E-state index contributed by atoms with van der Waals surface area (Å²) in [6, 6.07) is 0. The van der Waals surface area contributed by atoms with Crippen LogP contribution in [0.3, 0.4) is 0 Å². The summed E-state index contributed by atoms with van der Waals surface area (Å²) in [6.45, 7) is 14.1. The van der Waals surface area contributed by atoms with Crippen molar-refractivity contribution in [3.63, 3.8) is 0 Å². The van der Waals surface area contributed by atoms with Crippen molar-refractivity contribution >= 4 is 6.09 Å². The Balaban J connectivity index is 1.70. The first kappa shape index (κ1) is 16.6. The number of likely N-dealkylation sites (tertiary alicyclic amines) is 1. The predicted molar refractivity (Wildman–Crippen MR) is 84.5 cm³/mol. The summed E-state index contributed by atoms with van der Waals surface area (Å²) < 4.78 is 4.78. The van der Waals surface area contributed by atoms with E-state index in [0.29, 0.717) is 5.54 Å². The molecule has 2 fully saturated rings. The van der Waals surface area contributed by atoms with E-state index in [2.05, 4.69) is 30.6 Å². The van der Waals surface area contributed by atoms with Gasteiger partial charge in [-0.3, -0.25) is 9.80 Å². The zero-order chi connectivity index (χ0) is 15.5. The Morgan fingerprint density at radius 1 is 1.05 bits per heavy atom. The van der Waals surface area contributed by atoms with Gasteiger partial charge in [-0.15, -0.1) is 0 Å². The molecule has 0 aromatic heterocycles. The third kappa shape index (κ3) is 4.58. The topological polar surface area (TPSA) is 36.0 Å². The smallest absolute Gasteiger partial charge is 0.409 e. The van der Waals surface area contributed by atoms with Crippen LogP contribution < -0.4 is 0 Å². The summed E-state index contributed by atoms with van der Waals surface area (Å²) in [5.41, 5.74) is 0.303. The van der Waals surface area contributed by atoms with Gasteiger partial charge in [-0.1, -0.05) is 0 Å².